The number of aryl methyl sites for hydroxylation is 2. The van der Waals surface area contributed by atoms with E-state index in [2.05, 4.69) is 4.98 Å². The lowest BCUT2D eigenvalue weighted by atomic mass is 10.1. The van der Waals surface area contributed by atoms with Crippen molar-refractivity contribution < 1.29 is 18.0 Å². The summed E-state index contributed by atoms with van der Waals surface area (Å²) in [5, 5.41) is 0. The zero-order chi connectivity index (χ0) is 13.5. The molecule has 6 heteroatoms. The summed E-state index contributed by atoms with van der Waals surface area (Å²) in [5.41, 5.74) is 0.758. The maximum absolute atomic E-state index is 12.3. The van der Waals surface area contributed by atoms with E-state index in [1.54, 1.807) is 6.92 Å². The molecule has 0 fully saturated rings. The number of halogens is 3. The Hall–Kier alpha value is -1.85. The summed E-state index contributed by atoms with van der Waals surface area (Å²) in [5.74, 6) is -1.13. The van der Waals surface area contributed by atoms with E-state index in [4.69, 9.17) is 0 Å². The highest BCUT2D eigenvalue weighted by atomic mass is 19.4. The second-order valence-electron chi connectivity index (χ2n) is 3.93. The van der Waals surface area contributed by atoms with Gasteiger partial charge in [0.2, 0.25) is 0 Å². The number of Topliss-reactive ketones (excluding diaryl/α,β-unsaturated/α-hetero) is 1. The molecule has 0 aliphatic carbocycles. The summed E-state index contributed by atoms with van der Waals surface area (Å²) >= 11 is 0. The van der Waals surface area contributed by atoms with Crippen LogP contribution < -0.4 is 0 Å². The fourth-order valence-corrected chi connectivity index (χ4v) is 1.95. The minimum atomic E-state index is -4.85. The fourth-order valence-electron chi connectivity index (χ4n) is 1.95. The molecule has 1 heterocycles. The number of hydrogen-bond acceptors (Lipinski definition) is 2. The van der Waals surface area contributed by atoms with Crippen molar-refractivity contribution in [3.05, 3.63) is 29.6 Å². The molecule has 0 N–H and O–H groups in total. The first-order valence-corrected chi connectivity index (χ1v) is 5.43. The minimum absolute atomic E-state index is 0.379. The highest BCUT2D eigenvalue weighted by molar-refractivity contribution is 6.02. The van der Waals surface area contributed by atoms with Gasteiger partial charge < -0.3 is 4.57 Å². The number of carbonyl (C=O) groups is 1. The molecular formula is C12H11F3N2O. The Kier molecular flexibility index (Phi) is 2.88. The SMILES string of the molecule is CCn1c(C)nc2cc(C(=O)C(F)(F)F)ccc21. The molecule has 0 aliphatic rings. The average Bonchev–Trinajstić information content (AvgIpc) is 2.60. The van der Waals surface area contributed by atoms with Crippen LogP contribution in [0.25, 0.3) is 11.0 Å². The van der Waals surface area contributed by atoms with Crippen molar-refractivity contribution in [2.75, 3.05) is 0 Å². The van der Waals surface area contributed by atoms with Crippen molar-refractivity contribution >= 4 is 16.8 Å². The van der Waals surface area contributed by atoms with Gasteiger partial charge in [0.25, 0.3) is 5.78 Å². The third-order valence-electron chi connectivity index (χ3n) is 2.77. The van der Waals surface area contributed by atoms with Crippen LogP contribution in [0.5, 0.6) is 0 Å². The Labute approximate surface area is 101 Å². The van der Waals surface area contributed by atoms with Crippen molar-refractivity contribution in [3.8, 4) is 0 Å². The highest BCUT2D eigenvalue weighted by Gasteiger charge is 2.39. The van der Waals surface area contributed by atoms with Crippen molar-refractivity contribution in [1.29, 1.82) is 0 Å². The standard InChI is InChI=1S/C12H11F3N2O/c1-3-17-7(2)16-9-6-8(4-5-10(9)17)11(18)12(13,14)15/h4-6H,3H2,1-2H3. The van der Waals surface area contributed by atoms with Crippen LogP contribution in [0.1, 0.15) is 23.1 Å². The van der Waals surface area contributed by atoms with Gasteiger partial charge >= 0.3 is 6.18 Å². The molecule has 0 atom stereocenters. The fraction of sp³-hybridized carbons (Fsp3) is 0.333. The molecule has 96 valence electrons. The zero-order valence-electron chi connectivity index (χ0n) is 9.88. The van der Waals surface area contributed by atoms with E-state index in [-0.39, 0.29) is 5.56 Å². The molecule has 18 heavy (non-hydrogen) atoms. The lowest BCUT2D eigenvalue weighted by Gasteiger charge is -2.05. The van der Waals surface area contributed by atoms with Gasteiger partial charge in [-0.25, -0.2) is 4.98 Å². The normalized spacial score (nSPS) is 12.1. The first kappa shape index (κ1) is 12.6. The van der Waals surface area contributed by atoms with Crippen LogP contribution >= 0.6 is 0 Å². The molecule has 1 aromatic heterocycles. The summed E-state index contributed by atoms with van der Waals surface area (Å²) in [6.07, 6.45) is -4.85. The Morgan fingerprint density at radius 3 is 2.61 bits per heavy atom. The van der Waals surface area contributed by atoms with E-state index in [0.717, 1.165) is 5.52 Å². The van der Waals surface area contributed by atoms with Gasteiger partial charge in [-0.1, -0.05) is 0 Å². The van der Waals surface area contributed by atoms with Crippen molar-refractivity contribution in [1.82, 2.24) is 9.55 Å². The maximum Gasteiger partial charge on any atom is 0.454 e. The van der Waals surface area contributed by atoms with E-state index >= 15 is 0 Å². The van der Waals surface area contributed by atoms with Gasteiger partial charge in [0.15, 0.2) is 0 Å². The molecule has 0 radical (unpaired) electrons. The van der Waals surface area contributed by atoms with Gasteiger partial charge in [-0.3, -0.25) is 4.79 Å². The monoisotopic (exact) mass is 256 g/mol. The number of fused-ring (bicyclic) bond motifs is 1. The van der Waals surface area contributed by atoms with Gasteiger partial charge in [-0.2, -0.15) is 13.2 Å². The Morgan fingerprint density at radius 1 is 1.39 bits per heavy atom. The van der Waals surface area contributed by atoms with Crippen molar-refractivity contribution in [2.45, 2.75) is 26.6 Å². The average molecular weight is 256 g/mol. The predicted octanol–water partition coefficient (Wildman–Crippen LogP) is 3.11. The minimum Gasteiger partial charge on any atom is -0.329 e. The van der Waals surface area contributed by atoms with Gasteiger partial charge in [-0.15, -0.1) is 0 Å². The van der Waals surface area contributed by atoms with Crippen LogP contribution in [0.2, 0.25) is 0 Å². The molecule has 0 unspecified atom stereocenters. The largest absolute Gasteiger partial charge is 0.454 e. The topological polar surface area (TPSA) is 34.9 Å². The number of imidazole rings is 1. The quantitative estimate of drug-likeness (QED) is 0.774. The molecule has 2 aromatic rings. The number of benzene rings is 1. The van der Waals surface area contributed by atoms with E-state index in [0.29, 0.717) is 17.9 Å². The number of alkyl halides is 3. The molecule has 0 bridgehead atoms. The summed E-state index contributed by atoms with van der Waals surface area (Å²) < 4.78 is 38.8. The van der Waals surface area contributed by atoms with E-state index < -0.39 is 12.0 Å². The second kappa shape index (κ2) is 4.12. The number of rotatable bonds is 2. The Balaban J connectivity index is 2.56. The van der Waals surface area contributed by atoms with E-state index in [1.807, 2.05) is 11.5 Å². The molecule has 0 saturated carbocycles. The number of aromatic nitrogens is 2. The van der Waals surface area contributed by atoms with Crippen molar-refractivity contribution in [3.63, 3.8) is 0 Å². The van der Waals surface area contributed by atoms with Gasteiger partial charge in [-0.05, 0) is 32.0 Å². The number of hydrogen-bond donors (Lipinski definition) is 0. The molecule has 0 saturated heterocycles. The van der Waals surface area contributed by atoms with E-state index in [1.165, 1.54) is 18.2 Å². The van der Waals surface area contributed by atoms with Gasteiger partial charge in [0, 0.05) is 12.1 Å². The summed E-state index contributed by atoms with van der Waals surface area (Å²) in [6, 6.07) is 3.87. The lowest BCUT2D eigenvalue weighted by Crippen LogP contribution is -2.22. The number of nitrogens with zero attached hydrogens (tertiary/aromatic N) is 2. The smallest absolute Gasteiger partial charge is 0.329 e. The first-order valence-electron chi connectivity index (χ1n) is 5.43. The Morgan fingerprint density at radius 2 is 2.06 bits per heavy atom. The molecule has 1 aromatic carbocycles. The molecule has 0 aliphatic heterocycles. The van der Waals surface area contributed by atoms with Crippen LogP contribution in [-0.2, 0) is 6.54 Å². The van der Waals surface area contributed by atoms with Crippen LogP contribution in [0, 0.1) is 6.92 Å². The van der Waals surface area contributed by atoms with Gasteiger partial charge in [0.05, 0.1) is 11.0 Å². The third-order valence-corrected chi connectivity index (χ3v) is 2.77. The van der Waals surface area contributed by atoms with Crippen LogP contribution in [0.3, 0.4) is 0 Å². The highest BCUT2D eigenvalue weighted by Crippen LogP contribution is 2.24. The van der Waals surface area contributed by atoms with Crippen molar-refractivity contribution in [2.24, 2.45) is 0 Å². The second-order valence-corrected chi connectivity index (χ2v) is 3.93. The summed E-state index contributed by atoms with van der Waals surface area (Å²) in [6.45, 7) is 4.37. The molecular weight excluding hydrogens is 245 g/mol. The van der Waals surface area contributed by atoms with Crippen LogP contribution in [0.4, 0.5) is 13.2 Å². The summed E-state index contributed by atoms with van der Waals surface area (Å²) in [7, 11) is 0. The zero-order valence-corrected chi connectivity index (χ0v) is 9.88. The predicted molar refractivity (Wildman–Crippen MR) is 60.5 cm³/mol. The van der Waals surface area contributed by atoms with Crippen LogP contribution in [0.15, 0.2) is 18.2 Å². The maximum atomic E-state index is 12.3. The van der Waals surface area contributed by atoms with Gasteiger partial charge in [0.1, 0.15) is 5.82 Å². The number of ketones is 1. The lowest BCUT2D eigenvalue weighted by molar-refractivity contribution is -0.0885. The molecule has 3 nitrogen and oxygen atoms in total. The Bertz CT molecular complexity index is 614. The first-order chi connectivity index (χ1) is 8.34. The molecule has 2 rings (SSSR count). The third kappa shape index (κ3) is 1.98. The number of carbonyl (C=O) groups excluding carboxylic acids is 1. The van der Waals surface area contributed by atoms with Crippen LogP contribution in [-0.4, -0.2) is 21.5 Å². The summed E-state index contributed by atoms with van der Waals surface area (Å²) in [4.78, 5) is 15.3. The molecule has 0 spiro atoms. The molecule has 0 amide bonds. The van der Waals surface area contributed by atoms with E-state index in [9.17, 15) is 18.0 Å².